The Balaban J connectivity index is 2.24. The van der Waals surface area contributed by atoms with Gasteiger partial charge in [-0.1, -0.05) is 12.7 Å². The van der Waals surface area contributed by atoms with E-state index in [0.29, 0.717) is 48.0 Å². The average Bonchev–Trinajstić information content (AvgIpc) is 3.14. The van der Waals surface area contributed by atoms with E-state index in [-0.39, 0.29) is 11.7 Å². The number of nitrogens with one attached hydrogen (secondary N) is 1. The molecule has 0 aromatic rings. The number of carbonyl (C=O) groups is 1. The molecule has 1 aliphatic carbocycles. The van der Waals surface area contributed by atoms with Crippen molar-refractivity contribution in [2.24, 2.45) is 9.98 Å². The van der Waals surface area contributed by atoms with Gasteiger partial charge in [0.2, 0.25) is 0 Å². The number of halogens is 1. The van der Waals surface area contributed by atoms with Gasteiger partial charge < -0.3 is 15.1 Å². The lowest BCUT2D eigenvalue weighted by atomic mass is 10.0. The quantitative estimate of drug-likeness (QED) is 0.352. The molecule has 1 amide bonds. The topological polar surface area (TPSA) is 60.3 Å². The zero-order valence-electron chi connectivity index (χ0n) is 18.9. The monoisotopic (exact) mass is 415 g/mol. The van der Waals surface area contributed by atoms with E-state index in [4.69, 9.17) is 0 Å². The van der Waals surface area contributed by atoms with Gasteiger partial charge in [-0.2, -0.15) is 0 Å². The molecule has 1 N–H and O–H groups in total. The van der Waals surface area contributed by atoms with Gasteiger partial charge in [0.1, 0.15) is 17.2 Å². The highest BCUT2D eigenvalue weighted by atomic mass is 19.1. The fourth-order valence-electron chi connectivity index (χ4n) is 3.60. The molecule has 1 heterocycles. The number of carbonyl (C=O) groups excluding carboxylic acids is 1. The Kier molecular flexibility index (Phi) is 8.72. The Morgan fingerprint density at radius 1 is 1.37 bits per heavy atom. The van der Waals surface area contributed by atoms with Crippen molar-refractivity contribution >= 4 is 17.8 Å². The van der Waals surface area contributed by atoms with Crippen LogP contribution in [-0.4, -0.2) is 61.4 Å². The molecule has 30 heavy (non-hydrogen) atoms. The van der Waals surface area contributed by atoms with E-state index in [9.17, 15) is 9.18 Å². The van der Waals surface area contributed by atoms with Gasteiger partial charge in [-0.25, -0.2) is 9.38 Å². The summed E-state index contributed by atoms with van der Waals surface area (Å²) < 4.78 is 14.6. The standard InChI is InChI=1S/C23H34FN5O/c1-7-25-16(2)21(27-17(3)23(30)26-13-9-14-28(5)6)18(4)29-15-12-19-10-8-11-20(24)22(19)29/h7,10H,4,8-9,11-15H2,1-3,5-6H3,(H,26,30)/b21-16+,25-7?,27-17?. The van der Waals surface area contributed by atoms with E-state index in [2.05, 4.69) is 32.9 Å². The summed E-state index contributed by atoms with van der Waals surface area (Å²) in [6, 6.07) is 0. The third-order valence-corrected chi connectivity index (χ3v) is 5.13. The molecule has 0 unspecified atom stereocenters. The van der Waals surface area contributed by atoms with Gasteiger partial charge in [-0.15, -0.1) is 0 Å². The Labute approximate surface area is 179 Å². The highest BCUT2D eigenvalue weighted by Crippen LogP contribution is 2.40. The molecule has 2 rings (SSSR count). The second-order valence-electron chi connectivity index (χ2n) is 7.80. The summed E-state index contributed by atoms with van der Waals surface area (Å²) in [5.41, 5.74) is 3.66. The maximum absolute atomic E-state index is 14.6. The van der Waals surface area contributed by atoms with Crippen molar-refractivity contribution < 1.29 is 9.18 Å². The molecule has 0 atom stereocenters. The first-order valence-corrected chi connectivity index (χ1v) is 10.5. The van der Waals surface area contributed by atoms with Gasteiger partial charge in [0.25, 0.3) is 5.91 Å². The fraction of sp³-hybridized carbons (Fsp3) is 0.522. The van der Waals surface area contributed by atoms with Crippen LogP contribution in [0.15, 0.2) is 56.8 Å². The first-order valence-electron chi connectivity index (χ1n) is 10.5. The van der Waals surface area contributed by atoms with Crippen molar-refractivity contribution in [1.29, 1.82) is 0 Å². The number of fused-ring (bicyclic) bond motifs is 1. The highest BCUT2D eigenvalue weighted by Gasteiger charge is 2.31. The lowest BCUT2D eigenvalue weighted by Gasteiger charge is -2.25. The SMILES string of the molecule is C=C(/C(N=C(C)C(=O)NCCCN(C)C)=C(/C)N=CC)N1CCC2=CCCC(F)=C21. The van der Waals surface area contributed by atoms with Crippen molar-refractivity contribution in [2.75, 3.05) is 33.7 Å². The van der Waals surface area contributed by atoms with Crippen molar-refractivity contribution in [2.45, 2.75) is 46.5 Å². The number of allylic oxidation sites excluding steroid dienone is 4. The Hall–Kier alpha value is -2.54. The summed E-state index contributed by atoms with van der Waals surface area (Å²) >= 11 is 0. The van der Waals surface area contributed by atoms with Crippen LogP contribution in [0.3, 0.4) is 0 Å². The largest absolute Gasteiger partial charge is 0.351 e. The Bertz CT molecular complexity index is 833. The lowest BCUT2D eigenvalue weighted by Crippen LogP contribution is -2.32. The number of aliphatic imine (C=N–C) groups is 2. The van der Waals surface area contributed by atoms with Crippen LogP contribution in [0.25, 0.3) is 0 Å². The minimum Gasteiger partial charge on any atom is -0.351 e. The summed E-state index contributed by atoms with van der Waals surface area (Å²) in [6.45, 7) is 11.6. The van der Waals surface area contributed by atoms with Gasteiger partial charge in [-0.3, -0.25) is 9.79 Å². The highest BCUT2D eigenvalue weighted by molar-refractivity contribution is 6.38. The van der Waals surface area contributed by atoms with E-state index >= 15 is 0 Å². The molecule has 164 valence electrons. The van der Waals surface area contributed by atoms with Crippen LogP contribution in [0, 0.1) is 0 Å². The molecule has 0 aromatic carbocycles. The predicted molar refractivity (Wildman–Crippen MR) is 122 cm³/mol. The van der Waals surface area contributed by atoms with Crippen LogP contribution >= 0.6 is 0 Å². The summed E-state index contributed by atoms with van der Waals surface area (Å²) in [4.78, 5) is 25.3. The second-order valence-corrected chi connectivity index (χ2v) is 7.80. The summed E-state index contributed by atoms with van der Waals surface area (Å²) in [7, 11) is 4.00. The average molecular weight is 416 g/mol. The van der Waals surface area contributed by atoms with E-state index < -0.39 is 0 Å². The molecule has 0 bridgehead atoms. The van der Waals surface area contributed by atoms with E-state index in [1.165, 1.54) is 0 Å². The normalized spacial score (nSPS) is 18.0. The molecular formula is C23H34FN5O. The molecule has 0 saturated carbocycles. The zero-order chi connectivity index (χ0) is 22.3. The molecule has 1 saturated heterocycles. The van der Waals surface area contributed by atoms with Crippen LogP contribution in [0.1, 0.15) is 46.5 Å². The van der Waals surface area contributed by atoms with Crippen LogP contribution in [0.2, 0.25) is 0 Å². The van der Waals surface area contributed by atoms with Crippen molar-refractivity contribution in [3.63, 3.8) is 0 Å². The minimum absolute atomic E-state index is 0.110. The Morgan fingerprint density at radius 3 is 2.77 bits per heavy atom. The molecule has 2 aliphatic rings. The van der Waals surface area contributed by atoms with Crippen LogP contribution < -0.4 is 5.32 Å². The number of hydrogen-bond donors (Lipinski definition) is 1. The van der Waals surface area contributed by atoms with E-state index in [0.717, 1.165) is 31.4 Å². The molecule has 6 nitrogen and oxygen atoms in total. The smallest absolute Gasteiger partial charge is 0.265 e. The molecule has 7 heteroatoms. The van der Waals surface area contributed by atoms with Crippen molar-refractivity contribution in [1.82, 2.24) is 15.1 Å². The molecule has 0 spiro atoms. The number of hydrogen-bond acceptors (Lipinski definition) is 5. The minimum atomic E-state index is -0.225. The van der Waals surface area contributed by atoms with Gasteiger partial charge in [0, 0.05) is 25.7 Å². The third-order valence-electron chi connectivity index (χ3n) is 5.13. The van der Waals surface area contributed by atoms with Gasteiger partial charge in [-0.05, 0) is 66.2 Å². The van der Waals surface area contributed by atoms with Crippen molar-refractivity contribution in [3.05, 3.63) is 46.8 Å². The summed E-state index contributed by atoms with van der Waals surface area (Å²) in [6.07, 6.45) is 6.55. The van der Waals surface area contributed by atoms with Gasteiger partial charge in [0.15, 0.2) is 0 Å². The van der Waals surface area contributed by atoms with Crippen LogP contribution in [-0.2, 0) is 4.79 Å². The maximum Gasteiger partial charge on any atom is 0.265 e. The zero-order valence-corrected chi connectivity index (χ0v) is 18.9. The molecule has 1 aliphatic heterocycles. The molecule has 0 radical (unpaired) electrons. The molecular weight excluding hydrogens is 381 g/mol. The predicted octanol–water partition coefficient (Wildman–Crippen LogP) is 3.96. The number of likely N-dealkylation sites (tertiary alicyclic amines) is 1. The first kappa shape index (κ1) is 23.7. The van der Waals surface area contributed by atoms with Crippen LogP contribution in [0.4, 0.5) is 4.39 Å². The number of rotatable bonds is 9. The number of amides is 1. The second kappa shape index (κ2) is 11.0. The fourth-order valence-corrected chi connectivity index (χ4v) is 3.60. The van der Waals surface area contributed by atoms with Crippen molar-refractivity contribution in [3.8, 4) is 0 Å². The van der Waals surface area contributed by atoms with E-state index in [1.807, 2.05) is 32.8 Å². The summed E-state index contributed by atoms with van der Waals surface area (Å²) in [5, 5.41) is 2.90. The molecule has 1 fully saturated rings. The van der Waals surface area contributed by atoms with Crippen LogP contribution in [0.5, 0.6) is 0 Å². The molecule has 0 aromatic heterocycles. The van der Waals surface area contributed by atoms with Gasteiger partial charge >= 0.3 is 0 Å². The number of nitrogens with zero attached hydrogens (tertiary/aromatic N) is 4. The maximum atomic E-state index is 14.6. The van der Waals surface area contributed by atoms with E-state index in [1.54, 1.807) is 13.1 Å². The first-order chi connectivity index (χ1) is 14.3. The third kappa shape index (κ3) is 5.98. The lowest BCUT2D eigenvalue weighted by molar-refractivity contribution is -0.114. The van der Waals surface area contributed by atoms with Gasteiger partial charge in [0.05, 0.1) is 17.1 Å². The Morgan fingerprint density at radius 2 is 2.10 bits per heavy atom. The summed E-state index contributed by atoms with van der Waals surface area (Å²) in [5.74, 6) is -0.334.